The molecule has 0 heterocycles. The van der Waals surface area contributed by atoms with Crippen molar-refractivity contribution < 1.29 is 19.4 Å². The number of amides is 1. The number of rotatable bonds is 5. The van der Waals surface area contributed by atoms with Crippen LogP contribution in [0.15, 0.2) is 0 Å². The van der Waals surface area contributed by atoms with Crippen molar-refractivity contribution in [2.24, 2.45) is 11.8 Å². The third-order valence-electron chi connectivity index (χ3n) is 3.51. The van der Waals surface area contributed by atoms with E-state index in [-0.39, 0.29) is 18.6 Å². The summed E-state index contributed by atoms with van der Waals surface area (Å²) in [5, 5.41) is 11.3. The average molecular weight is 243 g/mol. The fraction of sp³-hybridized carbons (Fsp3) is 0.833. The Morgan fingerprint density at radius 2 is 2.00 bits per heavy atom. The highest BCUT2D eigenvalue weighted by atomic mass is 16.5. The van der Waals surface area contributed by atoms with Crippen molar-refractivity contribution >= 4 is 11.9 Å². The minimum Gasteiger partial charge on any atom is -0.480 e. The van der Waals surface area contributed by atoms with Crippen molar-refractivity contribution in [3.8, 4) is 0 Å². The predicted octanol–water partition coefficient (Wildman–Crippen LogP) is 1.03. The molecular weight excluding hydrogens is 222 g/mol. The number of aliphatic carboxylic acids is 1. The largest absolute Gasteiger partial charge is 0.480 e. The summed E-state index contributed by atoms with van der Waals surface area (Å²) in [5.74, 6) is -0.198. The van der Waals surface area contributed by atoms with Gasteiger partial charge >= 0.3 is 5.97 Å². The highest BCUT2D eigenvalue weighted by Gasteiger charge is 2.27. The number of nitrogens with one attached hydrogen (secondary N) is 1. The summed E-state index contributed by atoms with van der Waals surface area (Å²) in [5.41, 5.74) is 0. The molecule has 3 atom stereocenters. The molecule has 17 heavy (non-hydrogen) atoms. The molecule has 0 saturated heterocycles. The van der Waals surface area contributed by atoms with Crippen LogP contribution in [0.25, 0.3) is 0 Å². The molecule has 5 nitrogen and oxygen atoms in total. The Kier molecular flexibility index (Phi) is 5.41. The molecule has 0 aromatic rings. The first kappa shape index (κ1) is 14.0. The molecule has 1 fully saturated rings. The molecule has 1 aliphatic rings. The lowest BCUT2D eigenvalue weighted by atomic mass is 9.78. The van der Waals surface area contributed by atoms with Crippen LogP contribution in [-0.4, -0.2) is 36.2 Å². The van der Waals surface area contributed by atoms with Gasteiger partial charge in [0, 0.05) is 6.04 Å². The second-order valence-corrected chi connectivity index (χ2v) is 4.83. The van der Waals surface area contributed by atoms with Crippen molar-refractivity contribution in [2.75, 3.05) is 13.2 Å². The first-order valence-corrected chi connectivity index (χ1v) is 6.09. The Bertz CT molecular complexity index is 280. The molecule has 1 saturated carbocycles. The number of carboxylic acid groups (broad SMARTS) is 1. The first-order chi connectivity index (χ1) is 8.00. The van der Waals surface area contributed by atoms with Crippen LogP contribution in [-0.2, 0) is 14.3 Å². The average Bonchev–Trinajstić information content (AvgIpc) is 2.24. The molecular formula is C12H21NO4. The van der Waals surface area contributed by atoms with Gasteiger partial charge in [-0.25, -0.2) is 4.79 Å². The van der Waals surface area contributed by atoms with E-state index in [1.807, 2.05) is 0 Å². The van der Waals surface area contributed by atoms with Gasteiger partial charge < -0.3 is 15.2 Å². The molecule has 0 spiro atoms. The zero-order valence-corrected chi connectivity index (χ0v) is 10.4. The van der Waals surface area contributed by atoms with Crippen LogP contribution in [0.5, 0.6) is 0 Å². The van der Waals surface area contributed by atoms with Crippen LogP contribution in [0, 0.1) is 11.8 Å². The molecule has 0 aromatic carbocycles. The summed E-state index contributed by atoms with van der Waals surface area (Å²) >= 11 is 0. The number of hydrogen-bond acceptors (Lipinski definition) is 3. The van der Waals surface area contributed by atoms with Gasteiger partial charge in [-0.15, -0.1) is 0 Å². The van der Waals surface area contributed by atoms with Crippen LogP contribution >= 0.6 is 0 Å². The van der Waals surface area contributed by atoms with Gasteiger partial charge in [-0.05, 0) is 18.3 Å². The minimum absolute atomic E-state index is 0.177. The fourth-order valence-electron chi connectivity index (χ4n) is 2.27. The molecule has 1 rings (SSSR count). The Hall–Kier alpha value is -1.10. The van der Waals surface area contributed by atoms with Gasteiger partial charge in [-0.3, -0.25) is 4.79 Å². The van der Waals surface area contributed by atoms with Crippen LogP contribution in [0.3, 0.4) is 0 Å². The monoisotopic (exact) mass is 243 g/mol. The fourth-order valence-corrected chi connectivity index (χ4v) is 2.27. The first-order valence-electron chi connectivity index (χ1n) is 6.09. The Balaban J connectivity index is 2.27. The van der Waals surface area contributed by atoms with E-state index in [1.54, 1.807) is 0 Å². The summed E-state index contributed by atoms with van der Waals surface area (Å²) in [6.07, 6.45) is 3.34. The molecule has 5 heteroatoms. The molecule has 1 amide bonds. The van der Waals surface area contributed by atoms with Crippen molar-refractivity contribution in [3.05, 3.63) is 0 Å². The van der Waals surface area contributed by atoms with Gasteiger partial charge in [-0.1, -0.05) is 26.7 Å². The molecule has 98 valence electrons. The summed E-state index contributed by atoms with van der Waals surface area (Å²) in [7, 11) is 0. The smallest absolute Gasteiger partial charge is 0.329 e. The Morgan fingerprint density at radius 1 is 1.29 bits per heavy atom. The number of hydrogen-bond donors (Lipinski definition) is 2. The second-order valence-electron chi connectivity index (χ2n) is 4.83. The second kappa shape index (κ2) is 6.59. The van der Waals surface area contributed by atoms with Crippen molar-refractivity contribution in [3.63, 3.8) is 0 Å². The lowest BCUT2D eigenvalue weighted by Gasteiger charge is -2.34. The minimum atomic E-state index is -1.06. The Labute approximate surface area is 102 Å². The van der Waals surface area contributed by atoms with Gasteiger partial charge in [0.05, 0.1) is 0 Å². The van der Waals surface area contributed by atoms with Gasteiger partial charge in [0.15, 0.2) is 0 Å². The topological polar surface area (TPSA) is 75.6 Å². The van der Waals surface area contributed by atoms with Crippen LogP contribution < -0.4 is 5.32 Å². The van der Waals surface area contributed by atoms with E-state index in [0.717, 1.165) is 12.8 Å². The molecule has 1 aliphatic carbocycles. The van der Waals surface area contributed by atoms with E-state index in [0.29, 0.717) is 11.8 Å². The lowest BCUT2D eigenvalue weighted by Crippen LogP contribution is -2.45. The Morgan fingerprint density at radius 3 is 2.65 bits per heavy atom. The van der Waals surface area contributed by atoms with Gasteiger partial charge in [0.1, 0.15) is 13.2 Å². The van der Waals surface area contributed by atoms with E-state index < -0.39 is 12.6 Å². The normalized spacial score (nSPS) is 28.7. The maximum Gasteiger partial charge on any atom is 0.329 e. The number of carboxylic acids is 1. The van der Waals surface area contributed by atoms with E-state index in [4.69, 9.17) is 9.84 Å². The van der Waals surface area contributed by atoms with Crippen LogP contribution in [0.4, 0.5) is 0 Å². The standard InChI is InChI=1S/C12H21NO4/c1-8-4-3-5-10(9(8)2)13-11(14)6-17-7-12(15)16/h8-10H,3-7H2,1-2H3,(H,13,14)(H,15,16)/t8-,9+,10+/m0/s1. The van der Waals surface area contributed by atoms with E-state index in [1.165, 1.54) is 6.42 Å². The van der Waals surface area contributed by atoms with E-state index in [2.05, 4.69) is 19.2 Å². The molecule has 2 N–H and O–H groups in total. The number of carbonyl (C=O) groups is 2. The maximum absolute atomic E-state index is 11.5. The molecule has 0 unspecified atom stereocenters. The molecule has 0 aliphatic heterocycles. The van der Waals surface area contributed by atoms with Crippen LogP contribution in [0.1, 0.15) is 33.1 Å². The highest BCUT2D eigenvalue weighted by Crippen LogP contribution is 2.29. The summed E-state index contributed by atoms with van der Waals surface area (Å²) in [4.78, 5) is 21.7. The van der Waals surface area contributed by atoms with Crippen LogP contribution in [0.2, 0.25) is 0 Å². The zero-order valence-electron chi connectivity index (χ0n) is 10.4. The number of carbonyl (C=O) groups excluding carboxylic acids is 1. The lowest BCUT2D eigenvalue weighted by molar-refractivity contribution is -0.143. The SMILES string of the molecule is C[C@@H]1[C@@H](C)CCC[C@H]1NC(=O)COCC(=O)O. The van der Waals surface area contributed by atoms with Gasteiger partial charge in [0.2, 0.25) is 5.91 Å². The third kappa shape index (κ3) is 4.73. The highest BCUT2D eigenvalue weighted by molar-refractivity contribution is 5.78. The number of ether oxygens (including phenoxy) is 1. The quantitative estimate of drug-likeness (QED) is 0.756. The molecule has 0 aromatic heterocycles. The molecule has 0 bridgehead atoms. The molecule has 0 radical (unpaired) electrons. The maximum atomic E-state index is 11.5. The van der Waals surface area contributed by atoms with Crippen molar-refractivity contribution in [1.82, 2.24) is 5.32 Å². The van der Waals surface area contributed by atoms with E-state index in [9.17, 15) is 9.59 Å². The van der Waals surface area contributed by atoms with E-state index >= 15 is 0 Å². The van der Waals surface area contributed by atoms with Crippen molar-refractivity contribution in [1.29, 1.82) is 0 Å². The third-order valence-corrected chi connectivity index (χ3v) is 3.51. The predicted molar refractivity (Wildman–Crippen MR) is 62.6 cm³/mol. The zero-order chi connectivity index (χ0) is 12.8. The summed E-state index contributed by atoms with van der Waals surface area (Å²) in [6, 6.07) is 0.194. The summed E-state index contributed by atoms with van der Waals surface area (Å²) < 4.78 is 4.75. The van der Waals surface area contributed by atoms with Gasteiger partial charge in [0.25, 0.3) is 0 Å². The summed E-state index contributed by atoms with van der Waals surface area (Å²) in [6.45, 7) is 3.74. The van der Waals surface area contributed by atoms with Crippen molar-refractivity contribution in [2.45, 2.75) is 39.2 Å². The van der Waals surface area contributed by atoms with Gasteiger partial charge in [-0.2, -0.15) is 0 Å².